The van der Waals surface area contributed by atoms with Gasteiger partial charge in [-0.05, 0) is 174 Å². The van der Waals surface area contributed by atoms with Gasteiger partial charge in [0.05, 0.1) is 55.6 Å². The molecule has 133 heavy (non-hydrogen) atoms. The van der Waals surface area contributed by atoms with Crippen molar-refractivity contribution in [3.8, 4) is 0 Å². The van der Waals surface area contributed by atoms with Crippen LogP contribution in [0.5, 0.6) is 0 Å². The number of fused-ring (bicyclic) bond motifs is 10. The van der Waals surface area contributed by atoms with E-state index in [0.29, 0.717) is 101 Å². The smallest absolute Gasteiger partial charge is 0.255 e. The number of carbonyl (C=O) groups is 15. The number of hydrogen-bond donors (Lipinski definition) is 5. The fourth-order valence-corrected chi connectivity index (χ4v) is 17.7. The molecule has 0 bridgehead atoms. The van der Waals surface area contributed by atoms with Crippen LogP contribution in [0.4, 0.5) is 4.39 Å². The Balaban J connectivity index is 0.000000127. The van der Waals surface area contributed by atoms with E-state index in [1.54, 1.807) is 125 Å². The number of unbranched alkanes of at least 4 members (excludes halogenated alkanes) is 1. The second-order valence-corrected chi connectivity index (χ2v) is 33.2. The first-order valence-electron chi connectivity index (χ1n) is 44.6. The number of rotatable bonds is 24. The number of likely N-dealkylation sites (tertiary alicyclic amines) is 2. The summed E-state index contributed by atoms with van der Waals surface area (Å²) >= 11 is 0. The molecule has 682 valence electrons. The molecule has 30 heteroatoms. The van der Waals surface area contributed by atoms with E-state index in [0.717, 1.165) is 96.6 Å². The number of carbonyl (C=O) groups excluding carboxylic acids is 15. The van der Waals surface area contributed by atoms with Crippen molar-refractivity contribution in [1.82, 2.24) is 45.5 Å². The summed E-state index contributed by atoms with van der Waals surface area (Å²) in [5, 5.41) is 14.1. The van der Waals surface area contributed by atoms with Crippen LogP contribution < -0.4 is 26.6 Å². The maximum atomic E-state index is 13.5. The second-order valence-electron chi connectivity index (χ2n) is 33.2. The number of aryl methyl sites for hydroxylation is 7. The third kappa shape index (κ3) is 19.2. The lowest BCUT2D eigenvalue weighted by molar-refractivity contribution is 0.0932. The first-order chi connectivity index (χ1) is 64.3. The lowest BCUT2D eigenvalue weighted by Gasteiger charge is -2.26. The molecule has 0 atom stereocenters. The highest BCUT2D eigenvalue weighted by molar-refractivity contribution is 6.34. The number of halogens is 1. The van der Waals surface area contributed by atoms with Crippen LogP contribution in [0.2, 0.25) is 0 Å². The van der Waals surface area contributed by atoms with Gasteiger partial charge in [0.1, 0.15) is 34.6 Å². The Bertz CT molecular complexity index is 6650. The Morgan fingerprint density at radius 2 is 0.511 bits per heavy atom. The van der Waals surface area contributed by atoms with E-state index in [-0.39, 0.29) is 171 Å². The quantitative estimate of drug-likeness (QED) is 0.0351. The van der Waals surface area contributed by atoms with Crippen molar-refractivity contribution in [3.05, 3.63) is 339 Å². The van der Waals surface area contributed by atoms with Crippen molar-refractivity contribution >= 4 is 87.4 Å². The molecule has 2 aliphatic heterocycles. The molecule has 2 fully saturated rings. The Labute approximate surface area is 763 Å². The molecule has 9 heterocycles. The number of aromatic nitrogens is 2. The summed E-state index contributed by atoms with van der Waals surface area (Å²) in [6, 6.07) is 37.6. The number of nitrogens with one attached hydrogen (secondary N) is 5. The zero-order valence-electron chi connectivity index (χ0n) is 74.4. The zero-order chi connectivity index (χ0) is 94.0. The highest BCUT2D eigenvalue weighted by Crippen LogP contribution is 2.40. The molecule has 19 rings (SSSR count). The molecule has 12 aromatic rings. The van der Waals surface area contributed by atoms with Crippen LogP contribution in [-0.4, -0.2) is 178 Å². The van der Waals surface area contributed by atoms with Gasteiger partial charge in [-0.3, -0.25) is 71.9 Å². The number of nitrogens with zero attached hydrogens (tertiary/aromatic N) is 4. The molecule has 5 N–H and O–H groups in total. The summed E-state index contributed by atoms with van der Waals surface area (Å²) in [7, 11) is 0. The van der Waals surface area contributed by atoms with E-state index in [4.69, 9.17) is 22.1 Å². The predicted octanol–water partition coefficient (Wildman–Crippen LogP) is 14.6. The molecule has 0 spiro atoms. The van der Waals surface area contributed by atoms with Gasteiger partial charge in [0.15, 0.2) is 57.7 Å². The first kappa shape index (κ1) is 92.7. The minimum atomic E-state index is -0.618. The highest BCUT2D eigenvalue weighted by atomic mass is 19.1. The zero-order valence-corrected chi connectivity index (χ0v) is 74.4. The van der Waals surface area contributed by atoms with Crippen molar-refractivity contribution in [3.63, 3.8) is 0 Å². The minimum Gasteiger partial charge on any atom is -0.456 e. The van der Waals surface area contributed by atoms with Gasteiger partial charge in [0, 0.05) is 126 Å². The molecule has 0 radical (unpaired) electrons. The summed E-state index contributed by atoms with van der Waals surface area (Å²) in [6.45, 7) is 20.3. The fourth-order valence-electron chi connectivity index (χ4n) is 17.7. The Morgan fingerprint density at radius 3 is 0.774 bits per heavy atom. The Kier molecular flexibility index (Phi) is 28.5. The molecular weight excluding hydrogens is 1700 g/mol. The van der Waals surface area contributed by atoms with Gasteiger partial charge in [0.2, 0.25) is 28.9 Å². The summed E-state index contributed by atoms with van der Waals surface area (Å²) in [6.07, 6.45) is 19.0. The normalized spacial score (nSPS) is 14.2. The summed E-state index contributed by atoms with van der Waals surface area (Å²) in [5.41, 5.74) is 3.57. The third-order valence-corrected chi connectivity index (χ3v) is 24.3. The fraction of sp³-hybridized carbons (Fsp3) is 0.291. The number of benzene rings is 5. The number of ketones is 10. The van der Waals surface area contributed by atoms with Gasteiger partial charge in [-0.25, -0.2) is 4.39 Å². The van der Waals surface area contributed by atoms with Crippen LogP contribution in [0.15, 0.2) is 186 Å². The average Bonchev–Trinajstić information content (AvgIpc) is 1.63. The SMILES string of the molecule is CCCCNC(=O)c1c(C)oc2c1C(=O)c1ccccc1C2=O.Cc1oc2c(c1C(=O)NCCCN1CCCC1)C(=O)c1ccccc1C2=O.Cc1oc2c(c1C(=O)NCCCN1CCCCC1)C(=O)c1ccccc1C2=O.Cc1oc2c(c1C(=O)NCCCn1cccc1)C(=O)c1ccc(F)cc1C2=O.Cc1oc2c(c1C(=O)NCCCn1cccc1)C(=O)c1ccccc1C2=O. The third-order valence-electron chi connectivity index (χ3n) is 24.3. The van der Waals surface area contributed by atoms with Gasteiger partial charge in [0.25, 0.3) is 29.5 Å². The Morgan fingerprint density at radius 1 is 0.286 bits per heavy atom. The topological polar surface area (TPSA) is 398 Å². The maximum Gasteiger partial charge on any atom is 0.255 e. The highest BCUT2D eigenvalue weighted by Gasteiger charge is 2.44. The van der Waals surface area contributed by atoms with Crippen molar-refractivity contribution < 1.29 is 98.4 Å². The number of hydrogen-bond acceptors (Lipinski definition) is 22. The molecule has 7 aromatic heterocycles. The summed E-state index contributed by atoms with van der Waals surface area (Å²) in [4.78, 5) is 196. The van der Waals surface area contributed by atoms with Crippen molar-refractivity contribution in [1.29, 1.82) is 0 Å². The maximum absolute atomic E-state index is 13.5. The molecule has 5 amide bonds. The van der Waals surface area contributed by atoms with Crippen LogP contribution in [0.3, 0.4) is 0 Å². The second kappa shape index (κ2) is 41.0. The van der Waals surface area contributed by atoms with Crippen LogP contribution in [0.25, 0.3) is 0 Å². The standard InChI is InChI=1S/C22H24N2O4.C21H17FN2O4.C21H22N2O4.C21H18N2O4.C18H17NO4/c1-14-17(22(27)23-10-7-13-24-11-5-2-6-12-24)18-19(25)15-8-3-4-9-16(15)20(26)21(18)28-14;1-12-16(21(27)23-7-4-10-24-8-2-3-9-24)17-18(25)14-6-5-13(22)11-15(14)19(26)20(17)28-12;2*1-13-16(21(26)22-9-6-12-23-10-4-5-11-23)17-18(24)14-7-2-3-8-15(14)19(25)20(17)27-13;1-3-4-9-19-18(22)13-10(2)23-17-14(13)15(20)11-7-5-6-8-12(11)16(17)21/h3-4,8-9H,2,5-7,10-13H2,1H3,(H,23,27);2-3,5-6,8-9,11H,4,7,10H2,1H3,(H,23,27);2-3,7-8H,4-6,9-12H2,1H3,(H,22,26);2-5,7-8,10-11H,6,9,12H2,1H3,(H,22,26);5-8H,3-4,9H2,1-2H3,(H,19,22). The molecule has 29 nitrogen and oxygen atoms in total. The average molecular weight is 1800 g/mol. The van der Waals surface area contributed by atoms with Gasteiger partial charge in [-0.15, -0.1) is 0 Å². The number of amides is 5. The molecule has 5 aliphatic carbocycles. The van der Waals surface area contributed by atoms with E-state index >= 15 is 0 Å². The monoisotopic (exact) mass is 1800 g/mol. The minimum absolute atomic E-state index is 0.0281. The molecular formula is C103H98FN9O20. The van der Waals surface area contributed by atoms with E-state index < -0.39 is 29.2 Å². The predicted molar refractivity (Wildman–Crippen MR) is 484 cm³/mol. The van der Waals surface area contributed by atoms with E-state index in [2.05, 4.69) is 36.4 Å². The van der Waals surface area contributed by atoms with Gasteiger partial charge >= 0.3 is 0 Å². The molecule has 2 saturated heterocycles. The van der Waals surface area contributed by atoms with Crippen LogP contribution in [0.1, 0.15) is 318 Å². The van der Waals surface area contributed by atoms with Gasteiger partial charge in [-0.2, -0.15) is 0 Å². The molecule has 7 aliphatic rings. The van der Waals surface area contributed by atoms with Crippen molar-refractivity contribution in [2.24, 2.45) is 0 Å². The lowest BCUT2D eigenvalue weighted by atomic mass is 9.86. The van der Waals surface area contributed by atoms with Gasteiger partial charge in [-0.1, -0.05) is 117 Å². The van der Waals surface area contributed by atoms with Crippen LogP contribution in [-0.2, 0) is 13.1 Å². The van der Waals surface area contributed by atoms with Crippen molar-refractivity contribution in [2.45, 2.75) is 125 Å². The molecule has 5 aromatic carbocycles. The van der Waals surface area contributed by atoms with E-state index in [9.17, 15) is 76.3 Å². The number of furan rings is 5. The van der Waals surface area contributed by atoms with E-state index in [1.165, 1.54) is 45.1 Å². The lowest BCUT2D eigenvalue weighted by Crippen LogP contribution is -2.34. The Hall–Kier alpha value is -15.0. The van der Waals surface area contributed by atoms with Crippen molar-refractivity contribution in [2.75, 3.05) is 72.0 Å². The van der Waals surface area contributed by atoms with Gasteiger partial charge < -0.3 is 67.6 Å². The summed E-state index contributed by atoms with van der Waals surface area (Å²) in [5.74, 6) is -5.48. The molecule has 0 unspecified atom stereocenters. The molecule has 0 saturated carbocycles. The van der Waals surface area contributed by atoms with Crippen LogP contribution in [0, 0.1) is 40.4 Å². The number of piperidine rings is 1. The van der Waals surface area contributed by atoms with E-state index in [1.807, 2.05) is 65.1 Å². The van der Waals surface area contributed by atoms with Crippen LogP contribution >= 0.6 is 0 Å². The largest absolute Gasteiger partial charge is 0.456 e. The first-order valence-corrected chi connectivity index (χ1v) is 44.6. The summed E-state index contributed by atoms with van der Waals surface area (Å²) < 4.78 is 45.1.